The number of benzene rings is 1. The first-order valence-electron chi connectivity index (χ1n) is 9.11. The molecule has 2 aromatic rings. The number of Topliss-reactive ketones (excluding diaryl/α,β-unsaturated/α-hetero) is 1. The summed E-state index contributed by atoms with van der Waals surface area (Å²) in [4.78, 5) is 24.1. The van der Waals surface area contributed by atoms with Gasteiger partial charge >= 0.3 is 6.18 Å². The number of hydrogen-bond acceptors (Lipinski definition) is 6. The van der Waals surface area contributed by atoms with E-state index in [1.165, 1.54) is 11.8 Å². The van der Waals surface area contributed by atoms with Crippen LogP contribution in [0.4, 0.5) is 18.9 Å². The second-order valence-corrected chi connectivity index (χ2v) is 6.76. The summed E-state index contributed by atoms with van der Waals surface area (Å²) in [5.41, 5.74) is -1.16. The predicted octanol–water partition coefficient (Wildman–Crippen LogP) is 2.26. The number of alkyl halides is 3. The average molecular weight is 410 g/mol. The smallest absolute Gasteiger partial charge is 0.423 e. The molecular formula is C19H21F3N4O3. The van der Waals surface area contributed by atoms with Gasteiger partial charge in [0.15, 0.2) is 0 Å². The Labute approximate surface area is 164 Å². The van der Waals surface area contributed by atoms with Gasteiger partial charge in [0.2, 0.25) is 0 Å². The van der Waals surface area contributed by atoms with Gasteiger partial charge in [-0.3, -0.25) is 9.59 Å². The number of nitrogens with one attached hydrogen (secondary N) is 2. The van der Waals surface area contributed by atoms with Crippen molar-refractivity contribution in [1.82, 2.24) is 15.5 Å². The van der Waals surface area contributed by atoms with E-state index in [-0.39, 0.29) is 24.6 Å². The molecular weight excluding hydrogens is 389 g/mol. The molecule has 0 bridgehead atoms. The number of ether oxygens (including phenoxy) is 1. The van der Waals surface area contributed by atoms with Gasteiger partial charge in [-0.05, 0) is 18.6 Å². The molecule has 156 valence electrons. The molecule has 0 unspecified atom stereocenters. The van der Waals surface area contributed by atoms with Gasteiger partial charge in [-0.15, -0.1) is 0 Å². The maximum Gasteiger partial charge on any atom is 0.423 e. The van der Waals surface area contributed by atoms with Crippen LogP contribution >= 0.6 is 0 Å². The number of halogens is 3. The monoisotopic (exact) mass is 410 g/mol. The lowest BCUT2D eigenvalue weighted by molar-refractivity contribution is -0.138. The molecule has 29 heavy (non-hydrogen) atoms. The zero-order valence-electron chi connectivity index (χ0n) is 15.8. The van der Waals surface area contributed by atoms with Crippen LogP contribution in [0, 0.1) is 0 Å². The normalized spacial score (nSPS) is 13.4. The third-order valence-electron chi connectivity index (χ3n) is 4.59. The van der Waals surface area contributed by atoms with E-state index in [4.69, 9.17) is 4.74 Å². The summed E-state index contributed by atoms with van der Waals surface area (Å²) in [6, 6.07) is 5.36. The van der Waals surface area contributed by atoms with Crippen LogP contribution in [0.25, 0.3) is 0 Å². The maximum atomic E-state index is 13.4. The minimum absolute atomic E-state index is 0.104. The molecule has 10 heteroatoms. The van der Waals surface area contributed by atoms with E-state index in [0.717, 1.165) is 17.3 Å². The number of H-pyrrole nitrogens is 1. The minimum Gasteiger partial charge on any atom is -0.492 e. The van der Waals surface area contributed by atoms with E-state index in [9.17, 15) is 22.8 Å². The van der Waals surface area contributed by atoms with Crippen molar-refractivity contribution >= 4 is 11.5 Å². The highest BCUT2D eigenvalue weighted by Gasteiger charge is 2.39. The minimum atomic E-state index is -4.79. The number of aromatic amines is 1. The molecule has 1 aromatic carbocycles. The van der Waals surface area contributed by atoms with Crippen LogP contribution in [0.5, 0.6) is 5.75 Å². The Hall–Kier alpha value is -2.88. The van der Waals surface area contributed by atoms with Gasteiger partial charge in [0.25, 0.3) is 5.56 Å². The van der Waals surface area contributed by atoms with Crippen molar-refractivity contribution in [2.75, 3.05) is 24.6 Å². The number of carbonyl (C=O) groups is 1. The first-order valence-corrected chi connectivity index (χ1v) is 9.11. The SMILES string of the molecule is CC(=O)CCNCCOc1cccc2c1CN(c1cn[nH]c(=O)c1C(F)(F)F)C2. The molecule has 0 aliphatic carbocycles. The number of fused-ring (bicyclic) bond motifs is 1. The molecule has 0 amide bonds. The Kier molecular flexibility index (Phi) is 6.21. The van der Waals surface area contributed by atoms with Crippen molar-refractivity contribution in [3.8, 4) is 5.75 Å². The van der Waals surface area contributed by atoms with E-state index < -0.39 is 17.3 Å². The molecule has 1 aromatic heterocycles. The number of nitrogens with zero attached hydrogens (tertiary/aromatic N) is 2. The van der Waals surface area contributed by atoms with Crippen molar-refractivity contribution in [2.24, 2.45) is 0 Å². The fourth-order valence-corrected chi connectivity index (χ4v) is 3.22. The zero-order chi connectivity index (χ0) is 21.0. The van der Waals surface area contributed by atoms with Crippen molar-refractivity contribution in [1.29, 1.82) is 0 Å². The Morgan fingerprint density at radius 3 is 2.83 bits per heavy atom. The number of aromatic nitrogens is 2. The van der Waals surface area contributed by atoms with E-state index in [0.29, 0.717) is 31.9 Å². The summed E-state index contributed by atoms with van der Waals surface area (Å²) >= 11 is 0. The van der Waals surface area contributed by atoms with Crippen LogP contribution in [0.1, 0.15) is 30.0 Å². The predicted molar refractivity (Wildman–Crippen MR) is 99.9 cm³/mol. The highest BCUT2D eigenvalue weighted by Crippen LogP contribution is 2.38. The molecule has 0 fully saturated rings. The van der Waals surface area contributed by atoms with E-state index >= 15 is 0 Å². The summed E-state index contributed by atoms with van der Waals surface area (Å²) in [7, 11) is 0. The third-order valence-corrected chi connectivity index (χ3v) is 4.59. The molecule has 7 nitrogen and oxygen atoms in total. The van der Waals surface area contributed by atoms with Crippen LogP contribution in [-0.4, -0.2) is 35.7 Å². The van der Waals surface area contributed by atoms with Crippen molar-refractivity contribution in [3.05, 3.63) is 51.4 Å². The standard InChI is InChI=1S/C19H21F3N4O3/c1-12(27)5-6-23-7-8-29-16-4-2-3-13-10-26(11-14(13)16)15-9-24-25-18(28)17(15)19(20,21)22/h2-4,9,23H,5-8,10-11H2,1H3,(H,25,28). The summed E-state index contributed by atoms with van der Waals surface area (Å²) in [5.74, 6) is 0.691. The fourth-order valence-electron chi connectivity index (χ4n) is 3.22. The Balaban J connectivity index is 1.71. The van der Waals surface area contributed by atoms with Gasteiger partial charge in [-0.1, -0.05) is 12.1 Å². The number of hydrogen-bond donors (Lipinski definition) is 2. The Bertz CT molecular complexity index is 943. The lowest BCUT2D eigenvalue weighted by Crippen LogP contribution is -2.28. The fraction of sp³-hybridized carbons (Fsp3) is 0.421. The molecule has 0 spiro atoms. The molecule has 0 saturated carbocycles. The van der Waals surface area contributed by atoms with E-state index in [1.54, 1.807) is 12.1 Å². The number of carbonyl (C=O) groups excluding carboxylic acids is 1. The summed E-state index contributed by atoms with van der Waals surface area (Å²) in [5, 5.41) is 8.48. The lowest BCUT2D eigenvalue weighted by Gasteiger charge is -2.21. The highest BCUT2D eigenvalue weighted by atomic mass is 19.4. The summed E-state index contributed by atoms with van der Waals surface area (Å²) in [6.45, 7) is 3.38. The molecule has 0 radical (unpaired) electrons. The van der Waals surface area contributed by atoms with Crippen molar-refractivity contribution in [2.45, 2.75) is 32.6 Å². The van der Waals surface area contributed by atoms with Gasteiger partial charge in [0.1, 0.15) is 23.7 Å². The van der Waals surface area contributed by atoms with Crippen LogP contribution in [-0.2, 0) is 24.1 Å². The average Bonchev–Trinajstić information content (AvgIpc) is 3.08. The Morgan fingerprint density at radius 1 is 1.31 bits per heavy atom. The van der Waals surface area contributed by atoms with Crippen LogP contribution in [0.15, 0.2) is 29.2 Å². The molecule has 3 rings (SSSR count). The number of rotatable bonds is 8. The molecule has 1 aliphatic heterocycles. The Morgan fingerprint density at radius 2 is 2.10 bits per heavy atom. The van der Waals surface area contributed by atoms with Crippen molar-refractivity contribution < 1.29 is 22.7 Å². The lowest BCUT2D eigenvalue weighted by atomic mass is 10.1. The third kappa shape index (κ3) is 4.94. The summed E-state index contributed by atoms with van der Waals surface area (Å²) in [6.07, 6.45) is -3.32. The van der Waals surface area contributed by atoms with Crippen LogP contribution in [0.3, 0.4) is 0 Å². The molecule has 0 saturated heterocycles. The molecule has 1 aliphatic rings. The second-order valence-electron chi connectivity index (χ2n) is 6.76. The quantitative estimate of drug-likeness (QED) is 0.650. The second kappa shape index (κ2) is 8.64. The van der Waals surface area contributed by atoms with E-state index in [1.807, 2.05) is 11.2 Å². The molecule has 2 heterocycles. The van der Waals surface area contributed by atoms with Gasteiger partial charge < -0.3 is 15.0 Å². The zero-order valence-corrected chi connectivity index (χ0v) is 15.8. The first-order chi connectivity index (χ1) is 13.8. The first kappa shape index (κ1) is 20.8. The topological polar surface area (TPSA) is 87.3 Å². The van der Waals surface area contributed by atoms with Gasteiger partial charge in [-0.25, -0.2) is 5.10 Å². The summed E-state index contributed by atoms with van der Waals surface area (Å²) < 4.78 is 45.9. The largest absolute Gasteiger partial charge is 0.492 e. The van der Waals surface area contributed by atoms with E-state index in [2.05, 4.69) is 10.4 Å². The van der Waals surface area contributed by atoms with Gasteiger partial charge in [-0.2, -0.15) is 18.3 Å². The highest BCUT2D eigenvalue weighted by molar-refractivity contribution is 5.75. The number of ketones is 1. The van der Waals surface area contributed by atoms with Crippen LogP contribution < -0.4 is 20.5 Å². The van der Waals surface area contributed by atoms with Crippen molar-refractivity contribution in [3.63, 3.8) is 0 Å². The van der Waals surface area contributed by atoms with Crippen LogP contribution in [0.2, 0.25) is 0 Å². The van der Waals surface area contributed by atoms with Gasteiger partial charge in [0.05, 0.1) is 11.9 Å². The molecule has 0 atom stereocenters. The maximum absolute atomic E-state index is 13.4. The molecule has 2 N–H and O–H groups in total. The number of anilines is 1. The van der Waals surface area contributed by atoms with Gasteiger partial charge in [0, 0.05) is 38.2 Å².